The first kappa shape index (κ1) is 19.1. The van der Waals surface area contributed by atoms with Crippen LogP contribution in [0.15, 0.2) is 59.8 Å². The first-order chi connectivity index (χ1) is 12.9. The highest BCUT2D eigenvalue weighted by Gasteiger charge is 2.18. The van der Waals surface area contributed by atoms with Gasteiger partial charge in [-0.05, 0) is 23.1 Å². The van der Waals surface area contributed by atoms with E-state index in [9.17, 15) is 4.79 Å². The summed E-state index contributed by atoms with van der Waals surface area (Å²) in [6.07, 6.45) is 0. The van der Waals surface area contributed by atoms with Gasteiger partial charge in [0, 0.05) is 11.3 Å². The number of hydrazine groups is 1. The Morgan fingerprint density at radius 3 is 2.33 bits per heavy atom. The van der Waals surface area contributed by atoms with Gasteiger partial charge in [-0.2, -0.15) is 0 Å². The molecule has 6 nitrogen and oxygen atoms in total. The fourth-order valence-electron chi connectivity index (χ4n) is 2.65. The third-order valence-corrected chi connectivity index (χ3v) is 5.08. The predicted molar refractivity (Wildman–Crippen MR) is 109 cm³/mol. The fraction of sp³-hybridized carbons (Fsp3) is 0.250. The molecule has 0 saturated heterocycles. The van der Waals surface area contributed by atoms with Crippen LogP contribution in [0.25, 0.3) is 17.1 Å². The van der Waals surface area contributed by atoms with E-state index >= 15 is 0 Å². The van der Waals surface area contributed by atoms with Crippen molar-refractivity contribution in [2.24, 2.45) is 5.84 Å². The standard InChI is InChI=1S/C20H23N5OS/c1-20(2,3)15-11-9-14(10-12-15)18-23-24-19(27-13-17(26)22-21)25(18)16-7-5-4-6-8-16/h4-12H,13,21H2,1-3H3,(H,22,26). The SMILES string of the molecule is CC(C)(C)c1ccc(-c2nnc(SCC(=O)NN)n2-c2ccccc2)cc1. The Labute approximate surface area is 163 Å². The van der Waals surface area contributed by atoms with Gasteiger partial charge in [0.25, 0.3) is 0 Å². The van der Waals surface area contributed by atoms with E-state index in [2.05, 4.69) is 60.7 Å². The number of thioether (sulfide) groups is 1. The van der Waals surface area contributed by atoms with Crippen LogP contribution in [0, 0.1) is 0 Å². The molecule has 3 aromatic rings. The normalized spacial score (nSPS) is 11.4. The second-order valence-corrected chi connectivity index (χ2v) is 8.10. The number of hydrogen-bond acceptors (Lipinski definition) is 5. The minimum absolute atomic E-state index is 0.0855. The maximum atomic E-state index is 11.5. The van der Waals surface area contributed by atoms with Crippen molar-refractivity contribution in [1.29, 1.82) is 0 Å². The minimum Gasteiger partial charge on any atom is -0.294 e. The Kier molecular flexibility index (Phi) is 5.62. The third-order valence-electron chi connectivity index (χ3n) is 4.15. The molecule has 27 heavy (non-hydrogen) atoms. The summed E-state index contributed by atoms with van der Waals surface area (Å²) in [5.41, 5.74) is 5.38. The molecule has 0 aliphatic carbocycles. The molecule has 1 heterocycles. The Morgan fingerprint density at radius 1 is 1.07 bits per heavy atom. The molecule has 0 unspecified atom stereocenters. The van der Waals surface area contributed by atoms with E-state index in [0.29, 0.717) is 5.16 Å². The van der Waals surface area contributed by atoms with Crippen molar-refractivity contribution in [3.8, 4) is 17.1 Å². The molecule has 3 rings (SSSR count). The van der Waals surface area contributed by atoms with Crippen molar-refractivity contribution in [2.75, 3.05) is 5.75 Å². The van der Waals surface area contributed by atoms with Crippen LogP contribution < -0.4 is 11.3 Å². The average Bonchev–Trinajstić information content (AvgIpc) is 3.10. The number of carbonyl (C=O) groups excluding carboxylic acids is 1. The van der Waals surface area contributed by atoms with Gasteiger partial charge in [-0.3, -0.25) is 14.8 Å². The molecule has 0 fully saturated rings. The zero-order valence-corrected chi connectivity index (χ0v) is 16.5. The van der Waals surface area contributed by atoms with Gasteiger partial charge in [0.2, 0.25) is 5.91 Å². The molecule has 0 radical (unpaired) electrons. The van der Waals surface area contributed by atoms with Gasteiger partial charge in [-0.25, -0.2) is 5.84 Å². The predicted octanol–water partition coefficient (Wildman–Crippen LogP) is 3.31. The number of aromatic nitrogens is 3. The topological polar surface area (TPSA) is 85.8 Å². The Hall–Kier alpha value is -2.64. The van der Waals surface area contributed by atoms with Crippen molar-refractivity contribution in [1.82, 2.24) is 20.2 Å². The molecular weight excluding hydrogens is 358 g/mol. The van der Waals surface area contributed by atoms with Gasteiger partial charge in [0.1, 0.15) is 0 Å². The van der Waals surface area contributed by atoms with Gasteiger partial charge in [-0.15, -0.1) is 10.2 Å². The Balaban J connectivity index is 2.02. The van der Waals surface area contributed by atoms with Crippen LogP contribution in [0.1, 0.15) is 26.3 Å². The van der Waals surface area contributed by atoms with Crippen LogP contribution in [0.5, 0.6) is 0 Å². The number of para-hydroxylation sites is 1. The van der Waals surface area contributed by atoms with Crippen LogP contribution in [-0.4, -0.2) is 26.4 Å². The Morgan fingerprint density at radius 2 is 1.74 bits per heavy atom. The highest BCUT2D eigenvalue weighted by Crippen LogP contribution is 2.30. The monoisotopic (exact) mass is 381 g/mol. The second kappa shape index (κ2) is 7.94. The molecule has 3 N–H and O–H groups in total. The smallest absolute Gasteiger partial charge is 0.244 e. The lowest BCUT2D eigenvalue weighted by Crippen LogP contribution is -2.31. The van der Waals surface area contributed by atoms with Gasteiger partial charge in [-0.1, -0.05) is 75.0 Å². The summed E-state index contributed by atoms with van der Waals surface area (Å²) in [6, 6.07) is 18.2. The number of rotatable bonds is 5. The third kappa shape index (κ3) is 4.37. The van der Waals surface area contributed by atoms with Gasteiger partial charge in [0.15, 0.2) is 11.0 Å². The lowest BCUT2D eigenvalue weighted by atomic mass is 9.87. The molecule has 0 atom stereocenters. The molecule has 0 saturated carbocycles. The molecule has 140 valence electrons. The number of amides is 1. The van der Waals surface area contributed by atoms with Crippen LogP contribution in [0.3, 0.4) is 0 Å². The number of nitrogens with two attached hydrogens (primary N) is 1. The number of benzene rings is 2. The van der Waals surface area contributed by atoms with E-state index in [-0.39, 0.29) is 17.1 Å². The first-order valence-corrected chi connectivity index (χ1v) is 9.62. The molecule has 1 aromatic heterocycles. The van der Waals surface area contributed by atoms with Crippen molar-refractivity contribution in [3.63, 3.8) is 0 Å². The van der Waals surface area contributed by atoms with Crippen LogP contribution in [0.2, 0.25) is 0 Å². The van der Waals surface area contributed by atoms with E-state index in [1.807, 2.05) is 34.9 Å². The molecule has 2 aromatic carbocycles. The van der Waals surface area contributed by atoms with Crippen LogP contribution in [-0.2, 0) is 10.2 Å². The largest absolute Gasteiger partial charge is 0.294 e. The summed E-state index contributed by atoms with van der Waals surface area (Å²) in [7, 11) is 0. The van der Waals surface area contributed by atoms with Gasteiger partial charge in [0.05, 0.1) is 5.75 Å². The second-order valence-electron chi connectivity index (χ2n) is 7.16. The summed E-state index contributed by atoms with van der Waals surface area (Å²) < 4.78 is 1.96. The Bertz CT molecular complexity index is 914. The summed E-state index contributed by atoms with van der Waals surface area (Å²) in [5.74, 6) is 5.81. The van der Waals surface area contributed by atoms with Crippen molar-refractivity contribution in [3.05, 3.63) is 60.2 Å². The van der Waals surface area contributed by atoms with E-state index in [4.69, 9.17) is 5.84 Å². The summed E-state index contributed by atoms with van der Waals surface area (Å²) in [5, 5.41) is 9.33. The lowest BCUT2D eigenvalue weighted by Gasteiger charge is -2.19. The zero-order valence-electron chi connectivity index (χ0n) is 15.6. The number of nitrogens with one attached hydrogen (secondary N) is 1. The molecule has 0 spiro atoms. The minimum atomic E-state index is -0.265. The summed E-state index contributed by atoms with van der Waals surface area (Å²) in [4.78, 5) is 11.5. The van der Waals surface area contributed by atoms with Crippen molar-refractivity contribution < 1.29 is 4.79 Å². The maximum absolute atomic E-state index is 11.5. The lowest BCUT2D eigenvalue weighted by molar-refractivity contribution is -0.118. The van der Waals surface area contributed by atoms with Gasteiger partial charge >= 0.3 is 0 Å². The summed E-state index contributed by atoms with van der Waals surface area (Å²) in [6.45, 7) is 6.56. The number of nitrogens with zero attached hydrogens (tertiary/aromatic N) is 3. The molecule has 7 heteroatoms. The number of carbonyl (C=O) groups is 1. The first-order valence-electron chi connectivity index (χ1n) is 8.64. The fourth-order valence-corrected chi connectivity index (χ4v) is 3.41. The molecule has 1 amide bonds. The molecular formula is C20H23N5OS. The van der Waals surface area contributed by atoms with Crippen molar-refractivity contribution >= 4 is 17.7 Å². The summed E-state index contributed by atoms with van der Waals surface area (Å²) >= 11 is 1.29. The van der Waals surface area contributed by atoms with Crippen molar-refractivity contribution in [2.45, 2.75) is 31.3 Å². The highest BCUT2D eigenvalue weighted by molar-refractivity contribution is 7.99. The van der Waals surface area contributed by atoms with Crippen LogP contribution >= 0.6 is 11.8 Å². The average molecular weight is 382 g/mol. The van der Waals surface area contributed by atoms with E-state index < -0.39 is 0 Å². The van der Waals surface area contributed by atoms with Gasteiger partial charge < -0.3 is 0 Å². The quantitative estimate of drug-likeness (QED) is 0.306. The molecule has 0 aliphatic rings. The van der Waals surface area contributed by atoms with E-state index in [1.54, 1.807) is 0 Å². The zero-order chi connectivity index (χ0) is 19.4. The molecule has 0 aliphatic heterocycles. The molecule has 0 bridgehead atoms. The number of hydrogen-bond donors (Lipinski definition) is 2. The maximum Gasteiger partial charge on any atom is 0.244 e. The van der Waals surface area contributed by atoms with Crippen LogP contribution in [0.4, 0.5) is 0 Å². The van der Waals surface area contributed by atoms with E-state index in [1.165, 1.54) is 17.3 Å². The van der Waals surface area contributed by atoms with E-state index in [0.717, 1.165) is 17.1 Å². The highest BCUT2D eigenvalue weighted by atomic mass is 32.2.